The van der Waals surface area contributed by atoms with E-state index < -0.39 is 26.6 Å². The van der Waals surface area contributed by atoms with E-state index in [1.165, 1.54) is 0 Å². The van der Waals surface area contributed by atoms with Crippen LogP contribution in [0.4, 0.5) is 0 Å². The minimum atomic E-state index is -2.01. The molecule has 2 atom stereocenters. The Morgan fingerprint density at radius 1 is 0.312 bits per heavy atom. The van der Waals surface area contributed by atoms with Gasteiger partial charge in [-0.05, 0) is 30.2 Å². The minimum absolute atomic E-state index is 0.295. The third kappa shape index (κ3) is 4.41. The summed E-state index contributed by atoms with van der Waals surface area (Å²) in [6.45, 7) is 52.2. The van der Waals surface area contributed by atoms with Crippen molar-refractivity contribution in [3.8, 4) is 0 Å². The molecular weight excluding hydrogens is 584 g/mol. The lowest BCUT2D eigenvalue weighted by Gasteiger charge is -2.74. The zero-order chi connectivity index (χ0) is 27.0. The first-order valence-electron chi connectivity index (χ1n) is 12.6. The molecule has 0 spiro atoms. The van der Waals surface area contributed by atoms with Crippen molar-refractivity contribution in [2.75, 3.05) is 0 Å². The van der Waals surface area contributed by atoms with Crippen LogP contribution in [0, 0.1) is 0 Å². The molecule has 6 heteroatoms. The maximum atomic E-state index is 4.90. The maximum absolute atomic E-state index is 4.90. The van der Waals surface area contributed by atoms with Crippen LogP contribution in [0.3, 0.4) is 0 Å². The second-order valence-electron chi connectivity index (χ2n) is 17.0. The van der Waals surface area contributed by atoms with E-state index in [9.17, 15) is 0 Å². The number of hydrogen-bond acceptors (Lipinski definition) is 0. The van der Waals surface area contributed by atoms with Gasteiger partial charge in [0.05, 0.1) is 15.2 Å². The van der Waals surface area contributed by atoms with Crippen molar-refractivity contribution in [1.29, 1.82) is 0 Å². The van der Waals surface area contributed by atoms with Crippen LogP contribution in [-0.4, -0.2) is 26.6 Å². The van der Waals surface area contributed by atoms with Gasteiger partial charge in [-0.25, -0.2) is 0 Å². The van der Waals surface area contributed by atoms with Crippen LogP contribution < -0.4 is 0 Å². The van der Waals surface area contributed by atoms with Crippen molar-refractivity contribution >= 4 is 57.2 Å². The monoisotopic (exact) mass is 642 g/mol. The Balaban J connectivity index is 8.24. The van der Waals surface area contributed by atoms with E-state index in [0.29, 0.717) is 30.2 Å². The van der Waals surface area contributed by atoms with Crippen LogP contribution >= 0.6 is 30.6 Å². The molecule has 2 unspecified atom stereocenters. The van der Waals surface area contributed by atoms with Crippen LogP contribution in [0.5, 0.6) is 0 Å². The second-order valence-corrected chi connectivity index (χ2v) is 70.8. The van der Waals surface area contributed by atoms with Crippen LogP contribution in [0.1, 0.15) is 125 Å². The van der Waals surface area contributed by atoms with E-state index in [0.717, 1.165) is 0 Å². The Morgan fingerprint density at radius 3 is 0.469 bits per heavy atom. The predicted octanol–water partition coefficient (Wildman–Crippen LogP) is 11.9. The second kappa shape index (κ2) is 8.70. The van der Waals surface area contributed by atoms with Gasteiger partial charge < -0.3 is 0 Å². The summed E-state index contributed by atoms with van der Waals surface area (Å²) in [7, 11) is -4.01. The molecule has 0 rings (SSSR count). The zero-order valence-corrected chi connectivity index (χ0v) is 32.9. The summed E-state index contributed by atoms with van der Waals surface area (Å²) in [5, 5.41) is 1.77. The summed E-state index contributed by atoms with van der Waals surface area (Å²) >= 11 is 9.80. The van der Waals surface area contributed by atoms with Crippen molar-refractivity contribution < 1.29 is 0 Å². The Bertz CT molecular complexity index is 535. The summed E-state index contributed by atoms with van der Waals surface area (Å²) < 4.78 is 0. The van der Waals surface area contributed by atoms with Crippen LogP contribution in [0.25, 0.3) is 0 Å². The molecule has 0 fully saturated rings. The first-order valence-corrected chi connectivity index (χ1v) is 29.1. The van der Waals surface area contributed by atoms with Crippen molar-refractivity contribution in [2.24, 2.45) is 0 Å². The third-order valence-corrected chi connectivity index (χ3v) is 109. The van der Waals surface area contributed by atoms with Gasteiger partial charge in [0.15, 0.2) is 0 Å². The van der Waals surface area contributed by atoms with Gasteiger partial charge in [-0.3, -0.25) is 0 Å². The van der Waals surface area contributed by atoms with E-state index in [1.54, 1.807) is 0 Å². The molecule has 32 heavy (non-hydrogen) atoms. The van der Waals surface area contributed by atoms with Gasteiger partial charge in [-0.2, -0.15) is 0 Å². The summed E-state index contributed by atoms with van der Waals surface area (Å²) in [4.78, 5) is 0. The van der Waals surface area contributed by atoms with Gasteiger partial charge >= 0.3 is 0 Å². The molecule has 0 aliphatic heterocycles. The molecule has 0 N–H and O–H groups in total. The van der Waals surface area contributed by atoms with E-state index in [2.05, 4.69) is 138 Å². The smallest absolute Gasteiger partial charge is 0.124 e. The van der Waals surface area contributed by atoms with Crippen LogP contribution in [-0.2, 0) is 0 Å². The van der Waals surface area contributed by atoms with Crippen molar-refractivity contribution in [3.63, 3.8) is 0 Å². The molecule has 0 radical (unpaired) electrons. The molecular formula is C26H60Br2Si4. The van der Waals surface area contributed by atoms with Gasteiger partial charge in [-0.1, -0.05) is 138 Å². The van der Waals surface area contributed by atoms with Gasteiger partial charge in [-0.15, -0.1) is 30.6 Å². The largest absolute Gasteiger partial charge is 0.132 e. The van der Waals surface area contributed by atoms with E-state index >= 15 is 0 Å². The van der Waals surface area contributed by atoms with Crippen LogP contribution in [0.2, 0.25) is 43.3 Å². The fraction of sp³-hybridized carbons (Fsp3) is 1.00. The summed E-state index contributed by atoms with van der Waals surface area (Å²) in [6.07, 6.45) is 0. The first kappa shape index (κ1) is 33.8. The Morgan fingerprint density at radius 2 is 0.406 bits per heavy atom. The molecule has 0 nitrogen and oxygen atoms in total. The SMILES string of the molecule is CC(C)(C)[Si](C(C)(C)C)(C(C)(C)C)[Si](C)(Br)[Si](C)(Br)[Si](C(C)(C)C)(C(C)(C)C)C(C)(C)C. The lowest BCUT2D eigenvalue weighted by atomic mass is 10.2. The molecule has 0 bridgehead atoms. The molecule has 0 aliphatic carbocycles. The highest BCUT2D eigenvalue weighted by atomic mass is 79.9. The van der Waals surface area contributed by atoms with Crippen molar-refractivity contribution in [1.82, 2.24) is 0 Å². The normalized spacial score (nSPS) is 20.1. The maximum Gasteiger partial charge on any atom is 0.124 e. The molecule has 0 aliphatic rings. The van der Waals surface area contributed by atoms with Gasteiger partial charge in [0.1, 0.15) is 11.5 Å². The lowest BCUT2D eigenvalue weighted by molar-refractivity contribution is 0.550. The quantitative estimate of drug-likeness (QED) is 0.212. The number of halogens is 2. The van der Waals surface area contributed by atoms with E-state index in [1.807, 2.05) is 0 Å². The highest BCUT2D eigenvalue weighted by Gasteiger charge is 2.81. The molecule has 194 valence electrons. The summed E-state index contributed by atoms with van der Waals surface area (Å²) in [5.41, 5.74) is -4.03. The fourth-order valence-electron chi connectivity index (χ4n) is 11.7. The van der Waals surface area contributed by atoms with Crippen molar-refractivity contribution in [3.05, 3.63) is 0 Å². The van der Waals surface area contributed by atoms with Gasteiger partial charge in [0, 0.05) is 0 Å². The number of hydrogen-bond donors (Lipinski definition) is 0. The molecule has 0 aromatic heterocycles. The van der Waals surface area contributed by atoms with E-state index in [-0.39, 0.29) is 0 Å². The standard InChI is InChI=1S/C26H60Br2Si4/c1-21(2,3)31(22(4,5)6,23(7,8)9)29(19,27)30(20,28)32(24(10,11)12,25(13,14)15)26(16,17)18/h1-20H3. The minimum Gasteiger partial charge on any atom is -0.132 e. The lowest BCUT2D eigenvalue weighted by Crippen LogP contribution is -2.89. The highest BCUT2D eigenvalue weighted by molar-refractivity contribution is 9.39. The summed E-state index contributed by atoms with van der Waals surface area (Å²) in [6, 6.07) is 0. The van der Waals surface area contributed by atoms with Gasteiger partial charge in [0.25, 0.3) is 0 Å². The molecule has 0 saturated carbocycles. The van der Waals surface area contributed by atoms with Crippen LogP contribution in [0.15, 0.2) is 0 Å². The topological polar surface area (TPSA) is 0 Å². The summed E-state index contributed by atoms with van der Waals surface area (Å²) in [5.74, 6) is 0. The molecule has 0 aromatic rings. The Kier molecular flexibility index (Phi) is 9.20. The third-order valence-electron chi connectivity index (χ3n) is 9.04. The predicted molar refractivity (Wildman–Crippen MR) is 171 cm³/mol. The fourth-order valence-corrected chi connectivity index (χ4v) is 156. The Labute approximate surface area is 223 Å². The Hall–Kier alpha value is 1.83. The average Bonchev–Trinajstić information content (AvgIpc) is 2.25. The zero-order valence-electron chi connectivity index (χ0n) is 25.8. The first-order chi connectivity index (χ1) is 13.2. The van der Waals surface area contributed by atoms with Crippen molar-refractivity contribution in [2.45, 2.75) is 168 Å². The van der Waals surface area contributed by atoms with Gasteiger partial charge in [0.2, 0.25) is 0 Å². The number of rotatable bonds is 3. The molecule has 0 aromatic carbocycles. The average molecular weight is 645 g/mol. The molecule has 0 heterocycles. The molecule has 0 amide bonds. The molecule has 0 saturated heterocycles. The highest BCUT2D eigenvalue weighted by Crippen LogP contribution is 2.74. The van der Waals surface area contributed by atoms with E-state index in [4.69, 9.17) is 30.6 Å².